The first-order chi connectivity index (χ1) is 1.41. The summed E-state index contributed by atoms with van der Waals surface area (Å²) in [5.74, 6) is 0. The van der Waals surface area contributed by atoms with Crippen LogP contribution in [0.15, 0.2) is 6.58 Å². The number of hydrogen-bond acceptors (Lipinski definition) is 0. The quantitative estimate of drug-likeness (QED) is 0.429. The number of rotatable bonds is 0. The van der Waals surface area contributed by atoms with E-state index in [1.807, 2.05) is 0 Å². The van der Waals surface area contributed by atoms with Crippen molar-refractivity contribution in [2.45, 2.75) is 6.92 Å². The van der Waals surface area contributed by atoms with Crippen LogP contribution < -0.4 is 0 Å². The Morgan fingerprint density at radius 1 is 1.75 bits per heavy atom. The van der Waals surface area contributed by atoms with Gasteiger partial charge < -0.3 is 6.08 Å². The summed E-state index contributed by atoms with van der Waals surface area (Å²) in [7, 11) is 0. The van der Waals surface area contributed by atoms with Crippen LogP contribution in [0.4, 0.5) is 0 Å². The second-order valence-corrected chi connectivity index (χ2v) is 0.354. The van der Waals surface area contributed by atoms with Crippen LogP contribution in [0.1, 0.15) is 6.92 Å². The first-order valence-electron chi connectivity index (χ1n) is 0.854. The molecular formula is C3H5Y-. The summed E-state index contributed by atoms with van der Waals surface area (Å²) in [4.78, 5) is 0. The van der Waals surface area contributed by atoms with E-state index in [2.05, 4.69) is 12.7 Å². The van der Waals surface area contributed by atoms with Crippen molar-refractivity contribution in [1.82, 2.24) is 0 Å². The van der Waals surface area contributed by atoms with Crippen molar-refractivity contribution in [3.63, 3.8) is 0 Å². The molecule has 0 aromatic heterocycles. The van der Waals surface area contributed by atoms with E-state index < -0.39 is 0 Å². The first kappa shape index (κ1) is 8.85. The van der Waals surface area contributed by atoms with Gasteiger partial charge in [0, 0.05) is 32.7 Å². The van der Waals surface area contributed by atoms with Crippen LogP contribution in [0.25, 0.3) is 0 Å². The number of hydrogen-bond donors (Lipinski definition) is 0. The molecule has 0 aliphatic carbocycles. The standard InChI is InChI=1S/C3H5.Y/c1-3-2;/h1H2,2H3;/q-1;. The molecule has 0 spiro atoms. The van der Waals surface area contributed by atoms with Crippen LogP contribution in [0.3, 0.4) is 0 Å². The summed E-state index contributed by atoms with van der Waals surface area (Å²) in [6, 6.07) is 0. The summed E-state index contributed by atoms with van der Waals surface area (Å²) in [5.41, 5.74) is 0. The predicted octanol–water partition coefficient (Wildman–Crippen LogP) is 0.993. The Labute approximate surface area is 52.2 Å². The SMILES string of the molecule is C=[C-]C.[Y]. The van der Waals surface area contributed by atoms with E-state index in [0.29, 0.717) is 0 Å². The van der Waals surface area contributed by atoms with Gasteiger partial charge in [-0.15, -0.1) is 0 Å². The molecule has 0 aliphatic rings. The van der Waals surface area contributed by atoms with Crippen LogP contribution in [-0.4, -0.2) is 0 Å². The molecule has 0 rings (SSSR count). The summed E-state index contributed by atoms with van der Waals surface area (Å²) in [6.45, 7) is 5.00. The predicted molar refractivity (Wildman–Crippen MR) is 14.5 cm³/mol. The number of allylic oxidation sites excluding steroid dienone is 1. The molecule has 0 saturated heterocycles. The maximum absolute atomic E-state index is 3.24. The molecule has 0 aromatic carbocycles. The Hall–Kier alpha value is 0.844. The molecule has 0 amide bonds. The van der Waals surface area contributed by atoms with Gasteiger partial charge in [-0.2, -0.15) is 6.92 Å². The minimum absolute atomic E-state index is 0. The Bertz CT molecular complexity index is 10.8. The third kappa shape index (κ3) is 13.6. The van der Waals surface area contributed by atoms with Crippen LogP contribution >= 0.6 is 0 Å². The van der Waals surface area contributed by atoms with Crippen molar-refractivity contribution in [2.24, 2.45) is 0 Å². The van der Waals surface area contributed by atoms with Crippen LogP contribution in [0, 0.1) is 6.08 Å². The van der Waals surface area contributed by atoms with Crippen LogP contribution in [0.2, 0.25) is 0 Å². The summed E-state index contributed by atoms with van der Waals surface area (Å²) in [6.07, 6.45) is 2.50. The topological polar surface area (TPSA) is 0 Å². The van der Waals surface area contributed by atoms with Gasteiger partial charge in [0.1, 0.15) is 0 Å². The van der Waals surface area contributed by atoms with Gasteiger partial charge in [0.2, 0.25) is 0 Å². The summed E-state index contributed by atoms with van der Waals surface area (Å²) >= 11 is 0. The second kappa shape index (κ2) is 9.14. The normalized spacial score (nSPS) is 3.25. The van der Waals surface area contributed by atoms with Crippen molar-refractivity contribution >= 4 is 0 Å². The zero-order valence-corrected chi connectivity index (χ0v) is 5.62. The van der Waals surface area contributed by atoms with Crippen molar-refractivity contribution in [2.75, 3.05) is 0 Å². The summed E-state index contributed by atoms with van der Waals surface area (Å²) in [5, 5.41) is 0. The summed E-state index contributed by atoms with van der Waals surface area (Å²) < 4.78 is 0. The van der Waals surface area contributed by atoms with Gasteiger partial charge in [-0.05, 0) is 0 Å². The molecule has 0 heterocycles. The fraction of sp³-hybridized carbons (Fsp3) is 0.333. The molecule has 0 unspecified atom stereocenters. The third-order valence-electron chi connectivity index (χ3n) is 0. The van der Waals surface area contributed by atoms with Crippen molar-refractivity contribution in [3.8, 4) is 0 Å². The fourth-order valence-corrected chi connectivity index (χ4v) is 0. The Morgan fingerprint density at radius 2 is 1.75 bits per heavy atom. The van der Waals surface area contributed by atoms with Gasteiger partial charge >= 0.3 is 0 Å². The van der Waals surface area contributed by atoms with Gasteiger partial charge in [0.05, 0.1) is 0 Å². The molecular weight excluding hydrogens is 125 g/mol. The van der Waals surface area contributed by atoms with E-state index >= 15 is 0 Å². The fourth-order valence-electron chi connectivity index (χ4n) is 0. The molecule has 0 aromatic rings. The molecule has 0 nitrogen and oxygen atoms in total. The molecule has 1 heteroatoms. The Kier molecular flexibility index (Phi) is 20.2. The maximum atomic E-state index is 3.24. The van der Waals surface area contributed by atoms with Gasteiger partial charge in [-0.25, -0.2) is 0 Å². The van der Waals surface area contributed by atoms with Crippen LogP contribution in [-0.2, 0) is 32.7 Å². The molecule has 0 fully saturated rings. The molecule has 21 valence electrons. The van der Waals surface area contributed by atoms with E-state index in [9.17, 15) is 0 Å². The van der Waals surface area contributed by atoms with Crippen molar-refractivity contribution < 1.29 is 32.7 Å². The smallest absolute Gasteiger partial charge is 0 e. The minimum atomic E-state index is 0. The molecule has 1 radical (unpaired) electrons. The third-order valence-corrected chi connectivity index (χ3v) is 0. The monoisotopic (exact) mass is 130 g/mol. The Balaban J connectivity index is 0. The van der Waals surface area contributed by atoms with E-state index in [4.69, 9.17) is 0 Å². The van der Waals surface area contributed by atoms with E-state index in [-0.39, 0.29) is 32.7 Å². The second-order valence-electron chi connectivity index (χ2n) is 0.354. The van der Waals surface area contributed by atoms with Crippen LogP contribution in [0.5, 0.6) is 0 Å². The molecule has 0 bridgehead atoms. The molecule has 4 heavy (non-hydrogen) atoms. The van der Waals surface area contributed by atoms with Crippen molar-refractivity contribution in [1.29, 1.82) is 0 Å². The van der Waals surface area contributed by atoms with Gasteiger partial charge in [0.15, 0.2) is 0 Å². The van der Waals surface area contributed by atoms with Gasteiger partial charge in [-0.3, -0.25) is 6.58 Å². The van der Waals surface area contributed by atoms with Gasteiger partial charge in [0.25, 0.3) is 0 Å². The average molecular weight is 130 g/mol. The van der Waals surface area contributed by atoms with Gasteiger partial charge in [-0.1, -0.05) is 0 Å². The average Bonchev–Trinajstić information content (AvgIpc) is 0.918. The molecule has 0 saturated carbocycles. The zero-order valence-electron chi connectivity index (χ0n) is 2.78. The largest absolute Gasteiger partial charge is 0.507 e. The van der Waals surface area contributed by atoms with E-state index in [1.54, 1.807) is 6.92 Å². The van der Waals surface area contributed by atoms with E-state index in [1.165, 1.54) is 0 Å². The molecule has 0 atom stereocenters. The first-order valence-corrected chi connectivity index (χ1v) is 0.854. The molecule has 0 aliphatic heterocycles. The maximum Gasteiger partial charge on any atom is 0 e. The van der Waals surface area contributed by atoms with Crippen molar-refractivity contribution in [3.05, 3.63) is 12.7 Å². The zero-order chi connectivity index (χ0) is 2.71. The van der Waals surface area contributed by atoms with E-state index in [0.717, 1.165) is 0 Å². The Morgan fingerprint density at radius 3 is 1.75 bits per heavy atom. The molecule has 0 N–H and O–H groups in total. The minimum Gasteiger partial charge on any atom is -0.507 e.